The summed E-state index contributed by atoms with van der Waals surface area (Å²) in [4.78, 5) is 32.1. The number of fused-ring (bicyclic) bond motifs is 2. The SMILES string of the molecule is O=C(O)C(CNC(=O)[C@@H]1CCCN(CCCc2ccc3c(n2)NCCC3)C1)c1ccc2c(c1)CCC2. The zero-order chi connectivity index (χ0) is 24.9. The Balaban J connectivity index is 1.10. The van der Waals surface area contributed by atoms with Gasteiger partial charge >= 0.3 is 5.97 Å². The summed E-state index contributed by atoms with van der Waals surface area (Å²) in [6, 6.07) is 10.4. The molecule has 2 aliphatic heterocycles. The summed E-state index contributed by atoms with van der Waals surface area (Å²) in [6.45, 7) is 3.84. The van der Waals surface area contributed by atoms with E-state index in [1.165, 1.54) is 23.1 Å². The van der Waals surface area contributed by atoms with E-state index in [2.05, 4.69) is 33.7 Å². The maximum absolute atomic E-state index is 13.0. The van der Waals surface area contributed by atoms with Gasteiger partial charge in [0, 0.05) is 25.3 Å². The van der Waals surface area contributed by atoms with E-state index in [1.807, 2.05) is 12.1 Å². The maximum Gasteiger partial charge on any atom is 0.312 e. The second kappa shape index (κ2) is 11.4. The minimum Gasteiger partial charge on any atom is -0.481 e. The largest absolute Gasteiger partial charge is 0.481 e. The lowest BCUT2D eigenvalue weighted by molar-refractivity contribution is -0.138. The number of carboxylic acid groups (broad SMARTS) is 1. The Kier molecular flexibility index (Phi) is 7.85. The molecule has 192 valence electrons. The Morgan fingerprint density at radius 1 is 1.08 bits per heavy atom. The van der Waals surface area contributed by atoms with Crippen molar-refractivity contribution in [3.63, 3.8) is 0 Å². The van der Waals surface area contributed by atoms with Crippen LogP contribution in [-0.2, 0) is 35.3 Å². The number of likely N-dealkylation sites (tertiary alicyclic amines) is 1. The van der Waals surface area contributed by atoms with Gasteiger partial charge in [-0.25, -0.2) is 4.98 Å². The van der Waals surface area contributed by atoms with Crippen LogP contribution in [0.3, 0.4) is 0 Å². The standard InChI is InChI=1S/C29H38N4O3/c34-28(31-18-26(29(35)36)23-11-10-20-5-1-6-22(20)17-23)24-8-3-15-33(19-24)16-4-9-25-13-12-21-7-2-14-30-27(21)32-25/h10-13,17,24,26H,1-9,14-16,18-19H2,(H,30,32)(H,31,34)(H,35,36)/t24-,26?/m1/s1. The van der Waals surface area contributed by atoms with Crippen molar-refractivity contribution in [2.45, 2.75) is 63.7 Å². The molecule has 0 spiro atoms. The molecule has 3 N–H and O–H groups in total. The van der Waals surface area contributed by atoms with Crippen LogP contribution in [0.15, 0.2) is 30.3 Å². The van der Waals surface area contributed by atoms with E-state index in [0.717, 1.165) is 94.6 Å². The van der Waals surface area contributed by atoms with Crippen LogP contribution in [0.2, 0.25) is 0 Å². The van der Waals surface area contributed by atoms with Crippen LogP contribution in [0.4, 0.5) is 5.82 Å². The van der Waals surface area contributed by atoms with Crippen LogP contribution in [0.5, 0.6) is 0 Å². The first-order chi connectivity index (χ1) is 17.6. The van der Waals surface area contributed by atoms with Crippen molar-refractivity contribution >= 4 is 17.7 Å². The highest BCUT2D eigenvalue weighted by Gasteiger charge is 2.28. The maximum atomic E-state index is 13.0. The molecule has 3 heterocycles. The van der Waals surface area contributed by atoms with E-state index >= 15 is 0 Å². The smallest absolute Gasteiger partial charge is 0.312 e. The summed E-state index contributed by atoms with van der Waals surface area (Å²) in [6.07, 6.45) is 9.29. The Morgan fingerprint density at radius 3 is 2.81 bits per heavy atom. The number of aliphatic carboxylic acids is 1. The van der Waals surface area contributed by atoms with Gasteiger partial charge in [0.1, 0.15) is 5.82 Å². The third-order valence-corrected chi connectivity index (χ3v) is 8.04. The molecular weight excluding hydrogens is 452 g/mol. The second-order valence-corrected chi connectivity index (χ2v) is 10.6. The molecule has 1 fully saturated rings. The minimum absolute atomic E-state index is 0.0189. The zero-order valence-electron chi connectivity index (χ0n) is 21.1. The van der Waals surface area contributed by atoms with Gasteiger partial charge in [-0.05, 0) is 99.2 Å². The Hall–Kier alpha value is -2.93. The van der Waals surface area contributed by atoms with Gasteiger partial charge < -0.3 is 20.6 Å². The Morgan fingerprint density at radius 2 is 1.92 bits per heavy atom. The normalized spacial score (nSPS) is 20.2. The molecule has 7 heteroatoms. The molecule has 1 unspecified atom stereocenters. The molecule has 1 saturated heterocycles. The number of piperidine rings is 1. The number of carboxylic acids is 1. The highest BCUT2D eigenvalue weighted by atomic mass is 16.4. The summed E-state index contributed by atoms with van der Waals surface area (Å²) >= 11 is 0. The minimum atomic E-state index is -0.885. The van der Waals surface area contributed by atoms with E-state index in [-0.39, 0.29) is 18.4 Å². The summed E-state index contributed by atoms with van der Waals surface area (Å²) in [7, 11) is 0. The number of nitrogens with one attached hydrogen (secondary N) is 2. The number of pyridine rings is 1. The highest BCUT2D eigenvalue weighted by Crippen LogP contribution is 2.27. The average molecular weight is 491 g/mol. The number of carbonyl (C=O) groups excluding carboxylic acids is 1. The van der Waals surface area contributed by atoms with Crippen molar-refractivity contribution in [3.8, 4) is 0 Å². The molecule has 0 saturated carbocycles. The third kappa shape index (κ3) is 5.89. The van der Waals surface area contributed by atoms with Crippen molar-refractivity contribution < 1.29 is 14.7 Å². The third-order valence-electron chi connectivity index (χ3n) is 8.04. The predicted octanol–water partition coefficient (Wildman–Crippen LogP) is 3.56. The molecule has 36 heavy (non-hydrogen) atoms. The molecule has 1 aliphatic carbocycles. The van der Waals surface area contributed by atoms with Gasteiger partial charge in [0.15, 0.2) is 0 Å². The van der Waals surface area contributed by atoms with E-state index in [4.69, 9.17) is 4.98 Å². The summed E-state index contributed by atoms with van der Waals surface area (Å²) < 4.78 is 0. The quantitative estimate of drug-likeness (QED) is 0.498. The lowest BCUT2D eigenvalue weighted by Gasteiger charge is -2.32. The van der Waals surface area contributed by atoms with Crippen LogP contribution < -0.4 is 10.6 Å². The topological polar surface area (TPSA) is 94.6 Å². The first-order valence-corrected chi connectivity index (χ1v) is 13.6. The lowest BCUT2D eigenvalue weighted by Crippen LogP contribution is -2.44. The molecule has 1 aromatic carbocycles. The van der Waals surface area contributed by atoms with Crippen LogP contribution in [0, 0.1) is 5.92 Å². The fourth-order valence-corrected chi connectivity index (χ4v) is 5.97. The first kappa shape index (κ1) is 24.8. The molecule has 1 aromatic heterocycles. The summed E-state index contributed by atoms with van der Waals surface area (Å²) in [5.74, 6) is -0.649. The fourth-order valence-electron chi connectivity index (χ4n) is 5.97. The van der Waals surface area contributed by atoms with Crippen LogP contribution in [0.25, 0.3) is 0 Å². The summed E-state index contributed by atoms with van der Waals surface area (Å²) in [5.41, 5.74) is 5.82. The fraction of sp³-hybridized carbons (Fsp3) is 0.552. The van der Waals surface area contributed by atoms with Gasteiger partial charge in [0.25, 0.3) is 0 Å². The number of rotatable bonds is 9. The molecule has 2 atom stereocenters. The van der Waals surface area contributed by atoms with Crippen molar-refractivity contribution in [2.24, 2.45) is 5.92 Å². The van der Waals surface area contributed by atoms with E-state index in [9.17, 15) is 14.7 Å². The Labute approximate surface area is 213 Å². The van der Waals surface area contributed by atoms with Gasteiger partial charge in [-0.1, -0.05) is 24.3 Å². The molecular formula is C29H38N4O3. The van der Waals surface area contributed by atoms with Gasteiger partial charge in [-0.15, -0.1) is 0 Å². The lowest BCUT2D eigenvalue weighted by atomic mass is 9.94. The van der Waals surface area contributed by atoms with Crippen molar-refractivity contribution in [1.82, 2.24) is 15.2 Å². The van der Waals surface area contributed by atoms with E-state index < -0.39 is 11.9 Å². The molecule has 5 rings (SSSR count). The van der Waals surface area contributed by atoms with Crippen molar-refractivity contribution in [3.05, 3.63) is 58.3 Å². The van der Waals surface area contributed by atoms with Gasteiger partial charge in [0.2, 0.25) is 5.91 Å². The number of anilines is 1. The van der Waals surface area contributed by atoms with Gasteiger partial charge in [-0.3, -0.25) is 9.59 Å². The number of benzene rings is 1. The molecule has 0 radical (unpaired) electrons. The van der Waals surface area contributed by atoms with Gasteiger partial charge in [0.05, 0.1) is 11.8 Å². The molecule has 3 aliphatic rings. The van der Waals surface area contributed by atoms with Crippen molar-refractivity contribution in [1.29, 1.82) is 0 Å². The number of hydrogen-bond donors (Lipinski definition) is 3. The molecule has 0 bridgehead atoms. The van der Waals surface area contributed by atoms with Crippen LogP contribution in [0.1, 0.15) is 66.0 Å². The zero-order valence-corrected chi connectivity index (χ0v) is 21.1. The highest BCUT2D eigenvalue weighted by molar-refractivity contribution is 5.81. The number of hydrogen-bond acceptors (Lipinski definition) is 5. The first-order valence-electron chi connectivity index (χ1n) is 13.6. The average Bonchev–Trinajstić information content (AvgIpc) is 3.37. The van der Waals surface area contributed by atoms with Crippen LogP contribution in [-0.4, -0.2) is 59.6 Å². The van der Waals surface area contributed by atoms with Gasteiger partial charge in [-0.2, -0.15) is 0 Å². The number of aromatic nitrogens is 1. The number of carbonyl (C=O) groups is 2. The number of nitrogens with zero attached hydrogens (tertiary/aromatic N) is 2. The molecule has 7 nitrogen and oxygen atoms in total. The van der Waals surface area contributed by atoms with E-state index in [0.29, 0.717) is 0 Å². The predicted molar refractivity (Wildman–Crippen MR) is 140 cm³/mol. The van der Waals surface area contributed by atoms with Crippen molar-refractivity contribution in [2.75, 3.05) is 38.0 Å². The second-order valence-electron chi connectivity index (χ2n) is 10.6. The van der Waals surface area contributed by atoms with E-state index in [1.54, 1.807) is 0 Å². The monoisotopic (exact) mass is 490 g/mol. The Bertz CT molecular complexity index is 1100. The number of aryl methyl sites for hydroxylation is 4. The summed E-state index contributed by atoms with van der Waals surface area (Å²) in [5, 5.41) is 16.2. The molecule has 2 aromatic rings. The molecule has 1 amide bonds. The number of amides is 1. The van der Waals surface area contributed by atoms with Crippen LogP contribution >= 0.6 is 0 Å².